The van der Waals surface area contributed by atoms with Crippen molar-refractivity contribution >= 4 is 34.8 Å². The van der Waals surface area contributed by atoms with Crippen molar-refractivity contribution in [3.63, 3.8) is 0 Å². The molecule has 0 spiro atoms. The van der Waals surface area contributed by atoms with Crippen LogP contribution in [-0.2, 0) is 0 Å². The number of benzene rings is 1. The van der Waals surface area contributed by atoms with Crippen molar-refractivity contribution in [1.82, 2.24) is 0 Å². The van der Waals surface area contributed by atoms with Gasteiger partial charge in [0.2, 0.25) is 0 Å². The van der Waals surface area contributed by atoms with Crippen LogP contribution >= 0.6 is 34.8 Å². The summed E-state index contributed by atoms with van der Waals surface area (Å²) in [6.07, 6.45) is 0. The molecule has 0 unspecified atom stereocenters. The largest absolute Gasteiger partial charge is 0.461 e. The minimum atomic E-state index is 0.294. The van der Waals surface area contributed by atoms with Crippen molar-refractivity contribution in [3.05, 3.63) is 39.5 Å². The van der Waals surface area contributed by atoms with E-state index in [-0.39, 0.29) is 0 Å². The maximum absolute atomic E-state index is 5.86. The molecule has 0 amide bonds. The number of hydrogen-bond acceptors (Lipinski definition) is 1. The van der Waals surface area contributed by atoms with Crippen LogP contribution in [0.1, 0.15) is 6.92 Å². The van der Waals surface area contributed by atoms with E-state index in [0.717, 1.165) is 0 Å². The summed E-state index contributed by atoms with van der Waals surface area (Å²) >= 11 is 17.4. The van der Waals surface area contributed by atoms with Crippen LogP contribution in [0.15, 0.2) is 24.5 Å². The lowest BCUT2D eigenvalue weighted by Gasteiger charge is -2.08. The molecule has 1 nitrogen and oxygen atoms in total. The van der Waals surface area contributed by atoms with Crippen LogP contribution in [0.2, 0.25) is 15.1 Å². The van der Waals surface area contributed by atoms with Gasteiger partial charge in [-0.3, -0.25) is 0 Å². The Morgan fingerprint density at radius 3 is 2.38 bits per heavy atom. The highest BCUT2D eigenvalue weighted by atomic mass is 35.5. The number of rotatable bonds is 2. The highest BCUT2D eigenvalue weighted by Gasteiger charge is 2.09. The van der Waals surface area contributed by atoms with Crippen LogP contribution in [-0.4, -0.2) is 0 Å². The standard InChI is InChI=1S/C9H7Cl3O/c1-5(2)13-7-4-3-6(10)8(11)9(7)12/h3-4H,1H2,2H3. The topological polar surface area (TPSA) is 9.23 Å². The van der Waals surface area contributed by atoms with Crippen LogP contribution in [0.4, 0.5) is 0 Å². The van der Waals surface area contributed by atoms with Crippen molar-refractivity contribution in [1.29, 1.82) is 0 Å². The molecule has 1 rings (SSSR count). The first-order chi connectivity index (χ1) is 6.02. The van der Waals surface area contributed by atoms with Gasteiger partial charge < -0.3 is 4.74 Å². The van der Waals surface area contributed by atoms with Gasteiger partial charge >= 0.3 is 0 Å². The van der Waals surface area contributed by atoms with Gasteiger partial charge in [0.25, 0.3) is 0 Å². The third kappa shape index (κ3) is 2.53. The first-order valence-electron chi connectivity index (χ1n) is 3.49. The maximum atomic E-state index is 5.86. The van der Waals surface area contributed by atoms with E-state index in [2.05, 4.69) is 6.58 Å². The quantitative estimate of drug-likeness (QED) is 0.541. The lowest BCUT2D eigenvalue weighted by atomic mass is 10.3. The van der Waals surface area contributed by atoms with Crippen LogP contribution in [0.25, 0.3) is 0 Å². The molecule has 1 aromatic carbocycles. The fourth-order valence-corrected chi connectivity index (χ4v) is 1.34. The van der Waals surface area contributed by atoms with Gasteiger partial charge in [0.15, 0.2) is 0 Å². The third-order valence-corrected chi connectivity index (χ3v) is 2.56. The zero-order valence-electron chi connectivity index (χ0n) is 6.90. The molecule has 0 saturated heterocycles. The molecule has 0 radical (unpaired) electrons. The molecule has 0 aliphatic rings. The Hall–Kier alpha value is -0.370. The molecule has 0 atom stereocenters. The molecule has 0 bridgehead atoms. The molecule has 0 saturated carbocycles. The van der Waals surface area contributed by atoms with Gasteiger partial charge in [-0.25, -0.2) is 0 Å². The Kier molecular flexibility index (Phi) is 3.48. The first-order valence-corrected chi connectivity index (χ1v) is 4.62. The van der Waals surface area contributed by atoms with Crippen LogP contribution in [0.3, 0.4) is 0 Å². The van der Waals surface area contributed by atoms with Gasteiger partial charge in [0.1, 0.15) is 10.8 Å². The number of ether oxygens (including phenoxy) is 1. The van der Waals surface area contributed by atoms with Crippen molar-refractivity contribution in [3.8, 4) is 5.75 Å². The lowest BCUT2D eigenvalue weighted by molar-refractivity contribution is 0.431. The van der Waals surface area contributed by atoms with Crippen molar-refractivity contribution in [2.24, 2.45) is 0 Å². The van der Waals surface area contributed by atoms with Crippen LogP contribution in [0.5, 0.6) is 5.75 Å². The van der Waals surface area contributed by atoms with E-state index in [0.29, 0.717) is 26.6 Å². The predicted molar refractivity (Wildman–Crippen MR) is 56.9 cm³/mol. The van der Waals surface area contributed by atoms with Gasteiger partial charge in [-0.05, 0) is 19.1 Å². The summed E-state index contributed by atoms with van der Waals surface area (Å²) in [6.45, 7) is 5.31. The normalized spacial score (nSPS) is 9.85. The summed E-state index contributed by atoms with van der Waals surface area (Å²) in [6, 6.07) is 3.26. The van der Waals surface area contributed by atoms with Gasteiger partial charge in [-0.1, -0.05) is 41.4 Å². The second kappa shape index (κ2) is 4.23. The monoisotopic (exact) mass is 236 g/mol. The van der Waals surface area contributed by atoms with E-state index in [1.807, 2.05) is 0 Å². The molecule has 13 heavy (non-hydrogen) atoms. The SMILES string of the molecule is C=C(C)Oc1ccc(Cl)c(Cl)c1Cl. The summed E-state index contributed by atoms with van der Waals surface area (Å²) in [4.78, 5) is 0. The van der Waals surface area contributed by atoms with Gasteiger partial charge in [-0.2, -0.15) is 0 Å². The molecule has 0 fully saturated rings. The van der Waals surface area contributed by atoms with E-state index < -0.39 is 0 Å². The Balaban J connectivity index is 3.10. The molecule has 4 heteroatoms. The Morgan fingerprint density at radius 1 is 1.23 bits per heavy atom. The minimum absolute atomic E-state index is 0.294. The molecule has 0 aromatic heterocycles. The van der Waals surface area contributed by atoms with E-state index >= 15 is 0 Å². The zero-order chi connectivity index (χ0) is 10.0. The molecular weight excluding hydrogens is 230 g/mol. The van der Waals surface area contributed by atoms with Crippen LogP contribution < -0.4 is 4.74 Å². The number of hydrogen-bond donors (Lipinski definition) is 0. The second-order valence-corrected chi connectivity index (χ2v) is 3.64. The Labute approximate surface area is 91.9 Å². The molecule has 0 heterocycles. The fourth-order valence-electron chi connectivity index (χ4n) is 0.775. The van der Waals surface area contributed by atoms with Gasteiger partial charge in [-0.15, -0.1) is 0 Å². The smallest absolute Gasteiger partial charge is 0.147 e. The number of halogens is 3. The highest BCUT2D eigenvalue weighted by Crippen LogP contribution is 2.37. The first kappa shape index (κ1) is 10.7. The lowest BCUT2D eigenvalue weighted by Crippen LogP contribution is -1.89. The molecule has 1 aromatic rings. The third-order valence-electron chi connectivity index (χ3n) is 1.28. The summed E-state index contributed by atoms with van der Waals surface area (Å²) in [5.41, 5.74) is 0. The molecular formula is C9H7Cl3O. The summed E-state index contributed by atoms with van der Waals surface area (Å²) in [7, 11) is 0. The molecule has 0 aliphatic carbocycles. The predicted octanol–water partition coefficient (Wildman–Crippen LogP) is 4.56. The molecule has 0 N–H and O–H groups in total. The average Bonchev–Trinajstić information content (AvgIpc) is 2.06. The van der Waals surface area contributed by atoms with Crippen molar-refractivity contribution < 1.29 is 4.74 Å². The van der Waals surface area contributed by atoms with Crippen molar-refractivity contribution in [2.45, 2.75) is 6.92 Å². The Morgan fingerprint density at radius 2 is 1.85 bits per heavy atom. The second-order valence-electron chi connectivity index (χ2n) is 2.48. The zero-order valence-corrected chi connectivity index (χ0v) is 9.17. The summed E-state index contributed by atoms with van der Waals surface area (Å²) < 4.78 is 5.21. The van der Waals surface area contributed by atoms with Gasteiger partial charge in [0, 0.05) is 0 Å². The molecule has 0 aliphatic heterocycles. The van der Waals surface area contributed by atoms with E-state index in [4.69, 9.17) is 39.5 Å². The van der Waals surface area contributed by atoms with Gasteiger partial charge in [0.05, 0.1) is 15.8 Å². The molecule has 70 valence electrons. The summed E-state index contributed by atoms with van der Waals surface area (Å²) in [5.74, 6) is 1.00. The van der Waals surface area contributed by atoms with E-state index in [1.165, 1.54) is 0 Å². The highest BCUT2D eigenvalue weighted by molar-refractivity contribution is 6.48. The summed E-state index contributed by atoms with van der Waals surface area (Å²) in [5, 5.41) is 1.000. The fraction of sp³-hybridized carbons (Fsp3) is 0.111. The van der Waals surface area contributed by atoms with Crippen LogP contribution in [0, 0.1) is 0 Å². The Bertz CT molecular complexity index is 347. The average molecular weight is 238 g/mol. The van der Waals surface area contributed by atoms with E-state index in [1.54, 1.807) is 19.1 Å². The number of allylic oxidation sites excluding steroid dienone is 1. The maximum Gasteiger partial charge on any atom is 0.147 e. The van der Waals surface area contributed by atoms with E-state index in [9.17, 15) is 0 Å². The van der Waals surface area contributed by atoms with Crippen molar-refractivity contribution in [2.75, 3.05) is 0 Å². The minimum Gasteiger partial charge on any atom is -0.461 e.